The van der Waals surface area contributed by atoms with E-state index in [9.17, 15) is 13.2 Å². The van der Waals surface area contributed by atoms with E-state index in [-0.39, 0.29) is 12.1 Å². The molecule has 190 valence electrons. The van der Waals surface area contributed by atoms with Crippen LogP contribution in [-0.4, -0.2) is 14.7 Å². The Morgan fingerprint density at radius 3 is 2.32 bits per heavy atom. The minimum absolute atomic E-state index is 0.245. The van der Waals surface area contributed by atoms with Gasteiger partial charge in [-0.1, -0.05) is 18.2 Å². The van der Waals surface area contributed by atoms with Crippen molar-refractivity contribution in [2.75, 3.05) is 4.90 Å². The van der Waals surface area contributed by atoms with Gasteiger partial charge in [0.1, 0.15) is 0 Å². The largest absolute Gasteiger partial charge is 0.416 e. The van der Waals surface area contributed by atoms with Crippen LogP contribution in [0.4, 0.5) is 18.9 Å². The first-order chi connectivity index (χ1) is 17.6. The monoisotopic (exact) mass is 520 g/mol. The zero-order chi connectivity index (χ0) is 26.5. The van der Waals surface area contributed by atoms with Crippen LogP contribution in [0.3, 0.4) is 0 Å². The van der Waals surface area contributed by atoms with Crippen LogP contribution in [0.1, 0.15) is 51.4 Å². The molecule has 2 aromatic carbocycles. The highest BCUT2D eigenvalue weighted by molar-refractivity contribution is 7.80. The Labute approximate surface area is 219 Å². The summed E-state index contributed by atoms with van der Waals surface area (Å²) >= 11 is 5.84. The molecule has 1 saturated heterocycles. The Balaban J connectivity index is 1.68. The van der Waals surface area contributed by atoms with E-state index in [1.165, 1.54) is 17.7 Å². The molecule has 4 aromatic rings. The van der Waals surface area contributed by atoms with Gasteiger partial charge >= 0.3 is 6.18 Å². The fourth-order valence-electron chi connectivity index (χ4n) is 5.13. The maximum absolute atomic E-state index is 13.5. The number of aryl methyl sites for hydroxylation is 3. The minimum atomic E-state index is -4.42. The number of hydrogen-bond donors (Lipinski definition) is 1. The Hall–Kier alpha value is -3.65. The standard InChI is InChI=1S/C29H27F3N4S/c1-17-11-12-23(14-18(17)2)36-27(26(34-28(36)37)25-10-5-6-13-33-25)24-15-19(3)35(20(24)4)22-9-7-8-21(16-22)29(30,31)32/h5-16,26-27H,1-4H3,(H,34,37)/t26-,27-/m1/s1. The van der Waals surface area contributed by atoms with Gasteiger partial charge in [0, 0.05) is 29.0 Å². The predicted molar refractivity (Wildman–Crippen MR) is 144 cm³/mol. The molecule has 0 amide bonds. The molecular formula is C29H27F3N4S. The molecule has 0 saturated carbocycles. The van der Waals surface area contributed by atoms with Crippen molar-refractivity contribution < 1.29 is 13.2 Å². The first-order valence-electron chi connectivity index (χ1n) is 12.0. The first-order valence-corrected chi connectivity index (χ1v) is 12.4. The summed E-state index contributed by atoms with van der Waals surface area (Å²) in [6.07, 6.45) is -2.67. The van der Waals surface area contributed by atoms with Crippen molar-refractivity contribution in [1.29, 1.82) is 0 Å². The van der Waals surface area contributed by atoms with Gasteiger partial charge in [-0.25, -0.2) is 0 Å². The number of rotatable bonds is 4. The molecule has 5 rings (SSSR count). The molecule has 1 aliphatic heterocycles. The summed E-state index contributed by atoms with van der Waals surface area (Å²) in [5.41, 5.74) is 6.57. The second kappa shape index (κ2) is 9.34. The molecule has 2 aromatic heterocycles. The summed E-state index contributed by atoms with van der Waals surface area (Å²) in [4.78, 5) is 6.70. The topological polar surface area (TPSA) is 33.1 Å². The highest BCUT2D eigenvalue weighted by Gasteiger charge is 2.42. The maximum atomic E-state index is 13.5. The van der Waals surface area contributed by atoms with E-state index in [1.54, 1.807) is 12.3 Å². The Morgan fingerprint density at radius 2 is 1.65 bits per heavy atom. The van der Waals surface area contributed by atoms with Gasteiger partial charge in [-0.2, -0.15) is 13.2 Å². The van der Waals surface area contributed by atoms with E-state index >= 15 is 0 Å². The normalized spacial score (nSPS) is 17.8. The molecule has 1 aliphatic rings. The summed E-state index contributed by atoms with van der Waals surface area (Å²) in [5.74, 6) is 0. The van der Waals surface area contributed by atoms with Crippen molar-refractivity contribution in [3.05, 3.63) is 112 Å². The van der Waals surface area contributed by atoms with E-state index in [1.807, 2.05) is 42.7 Å². The lowest BCUT2D eigenvalue weighted by Crippen LogP contribution is -2.29. The van der Waals surface area contributed by atoms with Crippen LogP contribution in [0.2, 0.25) is 0 Å². The fraction of sp³-hybridized carbons (Fsp3) is 0.241. The fourth-order valence-corrected chi connectivity index (χ4v) is 5.48. The molecule has 1 N–H and O–H groups in total. The lowest BCUT2D eigenvalue weighted by atomic mass is 9.96. The summed E-state index contributed by atoms with van der Waals surface area (Å²) < 4.78 is 42.3. The van der Waals surface area contributed by atoms with Crippen molar-refractivity contribution in [3.63, 3.8) is 0 Å². The van der Waals surface area contributed by atoms with Gasteiger partial charge in [-0.3, -0.25) is 4.98 Å². The zero-order valence-corrected chi connectivity index (χ0v) is 21.8. The number of alkyl halides is 3. The number of nitrogens with one attached hydrogen (secondary N) is 1. The average molecular weight is 521 g/mol. The number of benzene rings is 2. The summed E-state index contributed by atoms with van der Waals surface area (Å²) in [7, 11) is 0. The smallest absolute Gasteiger partial charge is 0.351 e. The molecule has 1 fully saturated rings. The van der Waals surface area contributed by atoms with Gasteiger partial charge < -0.3 is 14.8 Å². The van der Waals surface area contributed by atoms with Gasteiger partial charge in [-0.15, -0.1) is 0 Å². The third-order valence-corrected chi connectivity index (χ3v) is 7.40. The molecule has 0 aliphatic carbocycles. The van der Waals surface area contributed by atoms with Crippen molar-refractivity contribution in [1.82, 2.24) is 14.9 Å². The van der Waals surface area contributed by atoms with E-state index in [0.29, 0.717) is 10.8 Å². The molecule has 0 unspecified atom stereocenters. The number of halogens is 3. The van der Waals surface area contributed by atoms with Gasteiger partial charge in [0.2, 0.25) is 0 Å². The molecule has 8 heteroatoms. The van der Waals surface area contributed by atoms with Crippen LogP contribution in [-0.2, 0) is 6.18 Å². The predicted octanol–water partition coefficient (Wildman–Crippen LogP) is 7.30. The molecule has 0 bridgehead atoms. The second-order valence-corrected chi connectivity index (χ2v) is 9.86. The second-order valence-electron chi connectivity index (χ2n) is 9.48. The quantitative estimate of drug-likeness (QED) is 0.286. The number of thiocarbonyl (C=S) groups is 1. The number of pyridine rings is 1. The van der Waals surface area contributed by atoms with E-state index in [2.05, 4.69) is 47.2 Å². The Bertz CT molecular complexity index is 1480. The van der Waals surface area contributed by atoms with E-state index in [0.717, 1.165) is 40.0 Å². The zero-order valence-electron chi connectivity index (χ0n) is 21.0. The number of anilines is 1. The van der Waals surface area contributed by atoms with Crippen molar-refractivity contribution in [2.45, 2.75) is 46.0 Å². The molecule has 37 heavy (non-hydrogen) atoms. The van der Waals surface area contributed by atoms with Crippen molar-refractivity contribution >= 4 is 23.0 Å². The van der Waals surface area contributed by atoms with Gasteiger partial charge in [0.15, 0.2) is 5.11 Å². The number of hydrogen-bond acceptors (Lipinski definition) is 2. The van der Waals surface area contributed by atoms with Crippen molar-refractivity contribution in [2.24, 2.45) is 0 Å². The highest BCUT2D eigenvalue weighted by Crippen LogP contribution is 2.44. The third-order valence-electron chi connectivity index (χ3n) is 7.09. The van der Waals surface area contributed by atoms with Crippen LogP contribution in [0.25, 0.3) is 5.69 Å². The average Bonchev–Trinajstić information content (AvgIpc) is 3.36. The molecule has 0 radical (unpaired) electrons. The Kier molecular flexibility index (Phi) is 6.31. The van der Waals surface area contributed by atoms with Crippen LogP contribution in [0.5, 0.6) is 0 Å². The van der Waals surface area contributed by atoms with Crippen LogP contribution in [0.15, 0.2) is 72.9 Å². The lowest BCUT2D eigenvalue weighted by Gasteiger charge is -2.28. The maximum Gasteiger partial charge on any atom is 0.416 e. The SMILES string of the molecule is Cc1ccc(N2C(=S)N[C@H](c3ccccn3)[C@H]2c2cc(C)n(-c3cccc(C(F)(F)F)c3)c2C)cc1C. The summed E-state index contributed by atoms with van der Waals surface area (Å²) in [5, 5.41) is 4.04. The molecular weight excluding hydrogens is 493 g/mol. The number of aromatic nitrogens is 2. The van der Waals surface area contributed by atoms with Gasteiger partial charge in [0.25, 0.3) is 0 Å². The van der Waals surface area contributed by atoms with E-state index < -0.39 is 11.7 Å². The molecule has 2 atom stereocenters. The molecule has 0 spiro atoms. The van der Waals surface area contributed by atoms with Crippen LogP contribution < -0.4 is 10.2 Å². The Morgan fingerprint density at radius 1 is 0.865 bits per heavy atom. The third kappa shape index (κ3) is 4.50. The van der Waals surface area contributed by atoms with Gasteiger partial charge in [-0.05, 0) is 105 Å². The lowest BCUT2D eigenvalue weighted by molar-refractivity contribution is -0.137. The molecule has 3 heterocycles. The van der Waals surface area contributed by atoms with Crippen LogP contribution in [0, 0.1) is 27.7 Å². The molecule has 4 nitrogen and oxygen atoms in total. The first kappa shape index (κ1) is 25.0. The number of nitrogens with zero attached hydrogens (tertiary/aromatic N) is 3. The van der Waals surface area contributed by atoms with E-state index in [4.69, 9.17) is 12.2 Å². The summed E-state index contributed by atoms with van der Waals surface area (Å²) in [6.45, 7) is 7.98. The van der Waals surface area contributed by atoms with Gasteiger partial charge in [0.05, 0.1) is 23.3 Å². The minimum Gasteiger partial charge on any atom is -0.351 e. The highest BCUT2D eigenvalue weighted by atomic mass is 32.1. The van der Waals surface area contributed by atoms with Crippen molar-refractivity contribution in [3.8, 4) is 5.69 Å². The van der Waals surface area contributed by atoms with Crippen LogP contribution >= 0.6 is 12.2 Å². The summed E-state index contributed by atoms with van der Waals surface area (Å²) in [6, 6.07) is 19.0.